The third kappa shape index (κ3) is 3.77. The summed E-state index contributed by atoms with van der Waals surface area (Å²) in [6.45, 7) is 1.86. The largest absolute Gasteiger partial charge is 0.493 e. The van der Waals surface area contributed by atoms with Crippen molar-refractivity contribution in [2.45, 2.75) is 31.6 Å². The van der Waals surface area contributed by atoms with Gasteiger partial charge in [-0.25, -0.2) is 0 Å². The number of carbonyl (C=O) groups excluding carboxylic acids is 3. The van der Waals surface area contributed by atoms with Crippen LogP contribution < -0.4 is 14.8 Å². The molecule has 4 rings (SSSR count). The maximum atomic E-state index is 13.7. The van der Waals surface area contributed by atoms with Gasteiger partial charge < -0.3 is 23.9 Å². The molecule has 2 aromatic rings. The van der Waals surface area contributed by atoms with E-state index < -0.39 is 23.7 Å². The zero-order valence-corrected chi connectivity index (χ0v) is 18.2. The Morgan fingerprint density at radius 2 is 1.91 bits per heavy atom. The van der Waals surface area contributed by atoms with E-state index in [1.165, 1.54) is 20.5 Å². The van der Waals surface area contributed by atoms with E-state index >= 15 is 0 Å². The highest BCUT2D eigenvalue weighted by Crippen LogP contribution is 2.46. The highest BCUT2D eigenvalue weighted by Gasteiger charge is 2.48. The summed E-state index contributed by atoms with van der Waals surface area (Å²) >= 11 is 0. The van der Waals surface area contributed by atoms with Crippen LogP contribution in [0.5, 0.6) is 11.5 Å². The first-order chi connectivity index (χ1) is 15.5. The van der Waals surface area contributed by atoms with Crippen molar-refractivity contribution in [3.05, 3.63) is 59.2 Å². The molecule has 0 fully saturated rings. The fraction of sp³-hybridized carbons (Fsp3) is 0.375. The Morgan fingerprint density at radius 3 is 2.56 bits per heavy atom. The van der Waals surface area contributed by atoms with Crippen LogP contribution in [0.2, 0.25) is 0 Å². The highest BCUT2D eigenvalue weighted by atomic mass is 16.5. The van der Waals surface area contributed by atoms with Gasteiger partial charge in [0.05, 0.1) is 27.1 Å². The summed E-state index contributed by atoms with van der Waals surface area (Å²) in [4.78, 5) is 39.2. The van der Waals surface area contributed by atoms with Crippen molar-refractivity contribution in [2.24, 2.45) is 5.92 Å². The Labute approximate surface area is 185 Å². The highest BCUT2D eigenvalue weighted by molar-refractivity contribution is 6.12. The van der Waals surface area contributed by atoms with Gasteiger partial charge in [-0.1, -0.05) is 6.07 Å². The van der Waals surface area contributed by atoms with Crippen molar-refractivity contribution in [1.29, 1.82) is 0 Å². The van der Waals surface area contributed by atoms with Crippen LogP contribution in [-0.4, -0.2) is 38.5 Å². The summed E-state index contributed by atoms with van der Waals surface area (Å²) in [5, 5.41) is 2.85. The zero-order valence-electron chi connectivity index (χ0n) is 18.2. The van der Waals surface area contributed by atoms with Crippen LogP contribution in [0.15, 0.2) is 52.3 Å². The molecule has 1 aromatic heterocycles. The Balaban J connectivity index is 1.81. The second-order valence-electron chi connectivity index (χ2n) is 7.73. The van der Waals surface area contributed by atoms with E-state index in [4.69, 9.17) is 18.6 Å². The van der Waals surface area contributed by atoms with Crippen molar-refractivity contribution in [1.82, 2.24) is 5.32 Å². The molecule has 2 aliphatic rings. The molecular weight excluding hydrogens is 414 g/mol. The van der Waals surface area contributed by atoms with Gasteiger partial charge in [0.15, 0.2) is 17.3 Å². The second-order valence-corrected chi connectivity index (χ2v) is 7.73. The molecule has 1 aromatic carbocycles. The van der Waals surface area contributed by atoms with Crippen LogP contribution in [0.25, 0.3) is 0 Å². The van der Waals surface area contributed by atoms with Crippen molar-refractivity contribution in [3.8, 4) is 11.5 Å². The molecule has 168 valence electrons. The number of esters is 1. The second kappa shape index (κ2) is 8.90. The van der Waals surface area contributed by atoms with Gasteiger partial charge >= 0.3 is 5.97 Å². The van der Waals surface area contributed by atoms with E-state index in [-0.39, 0.29) is 31.1 Å². The third-order valence-corrected chi connectivity index (χ3v) is 5.99. The van der Waals surface area contributed by atoms with Crippen LogP contribution in [0.4, 0.5) is 0 Å². The normalized spacial score (nSPS) is 22.8. The number of furan rings is 1. The molecule has 1 N–H and O–H groups in total. The number of nitrogens with one attached hydrogen (secondary N) is 1. The maximum absolute atomic E-state index is 13.7. The van der Waals surface area contributed by atoms with Gasteiger partial charge in [-0.15, -0.1) is 0 Å². The predicted octanol–water partition coefficient (Wildman–Crippen LogP) is 3.09. The van der Waals surface area contributed by atoms with E-state index in [1.807, 2.05) is 0 Å². The number of allylic oxidation sites excluding steroid dienone is 2. The number of amides is 1. The maximum Gasteiger partial charge on any atom is 0.317 e. The van der Waals surface area contributed by atoms with E-state index in [9.17, 15) is 14.4 Å². The zero-order chi connectivity index (χ0) is 22.8. The first-order valence-corrected chi connectivity index (χ1v) is 10.5. The number of ketones is 1. The van der Waals surface area contributed by atoms with E-state index in [0.717, 1.165) is 5.56 Å². The van der Waals surface area contributed by atoms with Crippen LogP contribution >= 0.6 is 0 Å². The van der Waals surface area contributed by atoms with Crippen LogP contribution in [0.1, 0.15) is 42.9 Å². The average Bonchev–Trinajstić information content (AvgIpc) is 3.32. The Bertz CT molecular complexity index is 1070. The van der Waals surface area contributed by atoms with Crippen molar-refractivity contribution >= 4 is 17.7 Å². The Hall–Kier alpha value is -3.55. The predicted molar refractivity (Wildman–Crippen MR) is 113 cm³/mol. The lowest BCUT2D eigenvalue weighted by molar-refractivity contribution is -0.152. The van der Waals surface area contributed by atoms with Crippen molar-refractivity contribution in [2.75, 3.05) is 20.8 Å². The van der Waals surface area contributed by atoms with Gasteiger partial charge in [-0.05, 0) is 43.2 Å². The summed E-state index contributed by atoms with van der Waals surface area (Å²) in [7, 11) is 3.06. The lowest BCUT2D eigenvalue weighted by Crippen LogP contribution is -2.44. The molecule has 0 bridgehead atoms. The minimum Gasteiger partial charge on any atom is -0.493 e. The Kier molecular flexibility index (Phi) is 6.03. The van der Waals surface area contributed by atoms with Crippen molar-refractivity contribution in [3.63, 3.8) is 0 Å². The van der Waals surface area contributed by atoms with Gasteiger partial charge in [-0.2, -0.15) is 0 Å². The van der Waals surface area contributed by atoms with Crippen LogP contribution in [-0.2, 0) is 19.1 Å². The minimum absolute atomic E-state index is 0.0843. The molecular formula is C24H25NO7. The van der Waals surface area contributed by atoms with E-state index in [2.05, 4.69) is 5.32 Å². The molecule has 3 unspecified atom stereocenters. The molecule has 0 saturated carbocycles. The van der Waals surface area contributed by atoms with E-state index in [0.29, 0.717) is 28.5 Å². The summed E-state index contributed by atoms with van der Waals surface area (Å²) in [6, 6.07) is 8.74. The van der Waals surface area contributed by atoms with Crippen LogP contribution in [0, 0.1) is 5.92 Å². The number of hydrogen-bond acceptors (Lipinski definition) is 7. The fourth-order valence-corrected chi connectivity index (χ4v) is 4.58. The molecule has 8 nitrogen and oxygen atoms in total. The fourth-order valence-electron chi connectivity index (χ4n) is 4.58. The molecule has 1 amide bonds. The third-order valence-electron chi connectivity index (χ3n) is 5.99. The first kappa shape index (κ1) is 21.7. The number of carbonyl (C=O) groups is 3. The molecule has 0 radical (unpaired) electrons. The smallest absolute Gasteiger partial charge is 0.317 e. The molecule has 0 spiro atoms. The molecule has 1 aliphatic heterocycles. The summed E-state index contributed by atoms with van der Waals surface area (Å²) < 4.78 is 21.5. The number of hydrogen-bond donors (Lipinski definition) is 1. The average molecular weight is 439 g/mol. The number of Topliss-reactive ketones (excluding diaryl/α,β-unsaturated/α-hetero) is 1. The van der Waals surface area contributed by atoms with E-state index in [1.54, 1.807) is 37.3 Å². The van der Waals surface area contributed by atoms with Gasteiger partial charge in [0.1, 0.15) is 11.7 Å². The molecule has 8 heteroatoms. The number of methoxy groups -OCH3 is 2. The summed E-state index contributed by atoms with van der Waals surface area (Å²) in [5.74, 6) is -1.70. The van der Waals surface area contributed by atoms with Crippen LogP contribution in [0.3, 0.4) is 0 Å². The Morgan fingerprint density at radius 1 is 1.12 bits per heavy atom. The molecule has 0 saturated heterocycles. The topological polar surface area (TPSA) is 104 Å². The van der Waals surface area contributed by atoms with Gasteiger partial charge in [0.2, 0.25) is 5.91 Å². The SMILES string of the molecule is CCOC(=O)C1C(=O)C2=C(CC1c1ccco1)NC(=O)CC2c1ccc(OC)c(OC)c1. The molecule has 1 aliphatic carbocycles. The summed E-state index contributed by atoms with van der Waals surface area (Å²) in [6.07, 6.45) is 1.87. The quantitative estimate of drug-likeness (QED) is 0.545. The number of ether oxygens (including phenoxy) is 3. The van der Waals surface area contributed by atoms with Gasteiger partial charge in [-0.3, -0.25) is 14.4 Å². The molecule has 32 heavy (non-hydrogen) atoms. The lowest BCUT2D eigenvalue weighted by Gasteiger charge is -2.37. The first-order valence-electron chi connectivity index (χ1n) is 10.5. The standard InChI is InChI=1S/C24H25NO7/c1-4-31-24(28)22-15(17-6-5-9-32-17)11-16-21(23(22)27)14(12-20(26)25-16)13-7-8-18(29-2)19(10-13)30-3/h5-10,14-15,22H,4,11-12H2,1-3H3,(H,25,26). The van der Waals surface area contributed by atoms with Gasteiger partial charge in [0, 0.05) is 29.5 Å². The minimum atomic E-state index is -1.04. The monoisotopic (exact) mass is 439 g/mol. The van der Waals surface area contributed by atoms with Gasteiger partial charge in [0.25, 0.3) is 0 Å². The molecule has 3 atom stereocenters. The lowest BCUT2D eigenvalue weighted by atomic mass is 9.69. The number of rotatable bonds is 6. The summed E-state index contributed by atoms with van der Waals surface area (Å²) in [5.41, 5.74) is 1.68. The van der Waals surface area contributed by atoms with Crippen molar-refractivity contribution < 1.29 is 33.0 Å². The molecule has 2 heterocycles. The number of benzene rings is 1.